The third-order valence-electron chi connectivity index (χ3n) is 5.46. The van der Waals surface area contributed by atoms with Crippen molar-refractivity contribution in [2.24, 2.45) is 11.8 Å². The quantitative estimate of drug-likeness (QED) is 0.472. The molecule has 1 aliphatic carbocycles. The van der Waals surface area contributed by atoms with Crippen LogP contribution in [-0.2, 0) is 11.3 Å². The summed E-state index contributed by atoms with van der Waals surface area (Å²) >= 11 is 0. The van der Waals surface area contributed by atoms with Gasteiger partial charge in [0.15, 0.2) is 0 Å². The summed E-state index contributed by atoms with van der Waals surface area (Å²) in [7, 11) is -1.31. The number of fused-ring (bicyclic) bond motifs is 2. The Labute approximate surface area is 134 Å². The fourth-order valence-corrected chi connectivity index (χ4v) is 4.89. The van der Waals surface area contributed by atoms with E-state index in [-0.39, 0.29) is 0 Å². The van der Waals surface area contributed by atoms with Crippen LogP contribution >= 0.6 is 0 Å². The summed E-state index contributed by atoms with van der Waals surface area (Å²) in [5.74, 6) is 5.16. The first-order chi connectivity index (χ1) is 10.5. The molecule has 3 heteroatoms. The van der Waals surface area contributed by atoms with Crippen molar-refractivity contribution in [3.05, 3.63) is 35.9 Å². The van der Waals surface area contributed by atoms with E-state index in [1.807, 2.05) is 0 Å². The number of ether oxygens (including phenoxy) is 1. The fraction of sp³-hybridized carbons (Fsp3) is 0.579. The maximum absolute atomic E-state index is 5.73. The smallest absolute Gasteiger partial charge is 0.129 e. The zero-order chi connectivity index (χ0) is 15.4. The fourth-order valence-electron chi connectivity index (χ4n) is 4.32. The van der Waals surface area contributed by atoms with Gasteiger partial charge in [0.1, 0.15) is 8.07 Å². The first kappa shape index (κ1) is 14.5. The van der Waals surface area contributed by atoms with Crippen LogP contribution in [0.25, 0.3) is 0 Å². The van der Waals surface area contributed by atoms with Crippen molar-refractivity contribution in [2.75, 3.05) is 13.2 Å². The van der Waals surface area contributed by atoms with Gasteiger partial charge in [0, 0.05) is 19.1 Å². The Kier molecular flexibility index (Phi) is 3.27. The predicted molar refractivity (Wildman–Crippen MR) is 92.0 cm³/mol. The van der Waals surface area contributed by atoms with Crippen molar-refractivity contribution in [3.63, 3.8) is 0 Å². The predicted octanol–water partition coefficient (Wildman–Crippen LogP) is 3.16. The molecule has 1 unspecified atom stereocenters. The van der Waals surface area contributed by atoms with Gasteiger partial charge in [-0.1, -0.05) is 55.9 Å². The molecule has 1 aromatic rings. The van der Waals surface area contributed by atoms with E-state index in [4.69, 9.17) is 4.74 Å². The van der Waals surface area contributed by atoms with Gasteiger partial charge in [-0.2, -0.15) is 0 Å². The van der Waals surface area contributed by atoms with Crippen molar-refractivity contribution in [3.8, 4) is 11.5 Å². The largest absolute Gasteiger partial charge is 0.381 e. The van der Waals surface area contributed by atoms with E-state index in [9.17, 15) is 0 Å². The molecule has 5 atom stereocenters. The molecular formula is C19H25NOSi. The average molecular weight is 312 g/mol. The number of benzene rings is 1. The number of nitrogens with zero attached hydrogens (tertiary/aromatic N) is 1. The Bertz CT molecular complexity index is 626. The lowest BCUT2D eigenvalue weighted by Crippen LogP contribution is -2.47. The molecule has 1 spiro atoms. The highest BCUT2D eigenvalue weighted by atomic mass is 28.3. The zero-order valence-electron chi connectivity index (χ0n) is 13.8. The molecule has 2 heterocycles. The van der Waals surface area contributed by atoms with E-state index in [1.165, 1.54) is 12.0 Å². The molecule has 0 amide bonds. The van der Waals surface area contributed by atoms with Gasteiger partial charge in [-0.25, -0.2) is 0 Å². The molecule has 1 saturated carbocycles. The third-order valence-corrected chi connectivity index (χ3v) is 6.36. The van der Waals surface area contributed by atoms with Gasteiger partial charge in [0.2, 0.25) is 0 Å². The standard InChI is InChI=1S/C19H25NOSi/c1-22(2,3)10-9-18-19(11-16-13-21-14-17(16)19)20(18)12-15-7-5-4-6-8-15/h4-8,16-18H,11-14H2,1-3H3/t16-,17+,18-,19-,20?/m1/s1. The summed E-state index contributed by atoms with van der Waals surface area (Å²) in [5, 5.41) is 0. The summed E-state index contributed by atoms with van der Waals surface area (Å²) < 4.78 is 5.73. The SMILES string of the molecule is C[Si](C)(C)C#C[C@H]1N(Cc2ccccc2)[C@@]12C[C@@H]1COC[C@@H]12. The molecule has 2 aliphatic heterocycles. The Hall–Kier alpha value is -1.08. The van der Waals surface area contributed by atoms with Crippen LogP contribution in [0.2, 0.25) is 19.6 Å². The normalized spacial score (nSPS) is 38.9. The van der Waals surface area contributed by atoms with Crippen molar-refractivity contribution in [1.29, 1.82) is 0 Å². The minimum Gasteiger partial charge on any atom is -0.381 e. The van der Waals surface area contributed by atoms with Crippen LogP contribution in [0.3, 0.4) is 0 Å². The highest BCUT2D eigenvalue weighted by Crippen LogP contribution is 2.63. The Morgan fingerprint density at radius 3 is 2.68 bits per heavy atom. The molecule has 0 N–H and O–H groups in total. The monoisotopic (exact) mass is 311 g/mol. The molecule has 0 aromatic heterocycles. The molecule has 22 heavy (non-hydrogen) atoms. The highest BCUT2D eigenvalue weighted by Gasteiger charge is 2.74. The summed E-state index contributed by atoms with van der Waals surface area (Å²) in [6, 6.07) is 11.3. The van der Waals surface area contributed by atoms with Crippen LogP contribution in [0.1, 0.15) is 12.0 Å². The summed E-state index contributed by atoms with van der Waals surface area (Å²) in [6.45, 7) is 9.95. The first-order valence-electron chi connectivity index (χ1n) is 8.42. The lowest BCUT2D eigenvalue weighted by atomic mass is 9.64. The molecule has 3 aliphatic rings. The molecule has 3 fully saturated rings. The Morgan fingerprint density at radius 2 is 2.00 bits per heavy atom. The Morgan fingerprint density at radius 1 is 1.23 bits per heavy atom. The molecule has 116 valence electrons. The van der Waals surface area contributed by atoms with Crippen molar-refractivity contribution in [1.82, 2.24) is 4.90 Å². The van der Waals surface area contributed by atoms with E-state index in [0.717, 1.165) is 31.6 Å². The highest BCUT2D eigenvalue weighted by molar-refractivity contribution is 6.83. The van der Waals surface area contributed by atoms with Gasteiger partial charge in [-0.15, -0.1) is 5.54 Å². The van der Waals surface area contributed by atoms with E-state index in [1.54, 1.807) is 0 Å². The zero-order valence-corrected chi connectivity index (χ0v) is 14.8. The first-order valence-corrected chi connectivity index (χ1v) is 11.9. The maximum Gasteiger partial charge on any atom is 0.129 e. The second-order valence-corrected chi connectivity index (χ2v) is 12.9. The van der Waals surface area contributed by atoms with E-state index in [0.29, 0.717) is 11.6 Å². The second-order valence-electron chi connectivity index (χ2n) is 8.13. The van der Waals surface area contributed by atoms with Gasteiger partial charge < -0.3 is 4.74 Å². The van der Waals surface area contributed by atoms with Gasteiger partial charge >= 0.3 is 0 Å². The van der Waals surface area contributed by atoms with Crippen LogP contribution in [0, 0.1) is 23.3 Å². The summed E-state index contributed by atoms with van der Waals surface area (Å²) in [4.78, 5) is 2.64. The van der Waals surface area contributed by atoms with E-state index < -0.39 is 8.07 Å². The summed E-state index contributed by atoms with van der Waals surface area (Å²) in [6.07, 6.45) is 1.29. The van der Waals surface area contributed by atoms with Gasteiger partial charge in [-0.05, 0) is 17.9 Å². The van der Waals surface area contributed by atoms with Crippen molar-refractivity contribution >= 4 is 8.07 Å². The Balaban J connectivity index is 1.57. The van der Waals surface area contributed by atoms with Crippen LogP contribution in [0.5, 0.6) is 0 Å². The van der Waals surface area contributed by atoms with Gasteiger partial charge in [0.05, 0.1) is 18.2 Å². The number of hydrogen-bond acceptors (Lipinski definition) is 2. The van der Waals surface area contributed by atoms with Crippen LogP contribution in [0.15, 0.2) is 30.3 Å². The van der Waals surface area contributed by atoms with Gasteiger partial charge in [-0.3, -0.25) is 4.90 Å². The molecule has 0 radical (unpaired) electrons. The van der Waals surface area contributed by atoms with Crippen LogP contribution < -0.4 is 0 Å². The van der Waals surface area contributed by atoms with E-state index >= 15 is 0 Å². The van der Waals surface area contributed by atoms with Crippen molar-refractivity contribution < 1.29 is 4.74 Å². The molecule has 4 rings (SSSR count). The third kappa shape index (κ3) is 2.25. The number of hydrogen-bond donors (Lipinski definition) is 0. The van der Waals surface area contributed by atoms with Crippen molar-refractivity contribution in [2.45, 2.75) is 44.2 Å². The van der Waals surface area contributed by atoms with Crippen LogP contribution in [0.4, 0.5) is 0 Å². The minimum absolute atomic E-state index is 0.337. The summed E-state index contributed by atoms with van der Waals surface area (Å²) in [5.41, 5.74) is 5.35. The molecular weight excluding hydrogens is 286 g/mol. The molecule has 0 bridgehead atoms. The minimum atomic E-state index is -1.31. The maximum atomic E-state index is 5.73. The second kappa shape index (κ2) is 4.96. The topological polar surface area (TPSA) is 12.2 Å². The van der Waals surface area contributed by atoms with Gasteiger partial charge in [0.25, 0.3) is 0 Å². The average Bonchev–Trinajstić information content (AvgIpc) is 2.91. The molecule has 2 nitrogen and oxygen atoms in total. The van der Waals surface area contributed by atoms with Crippen LogP contribution in [-0.4, -0.2) is 37.8 Å². The number of rotatable bonds is 2. The van der Waals surface area contributed by atoms with E-state index in [2.05, 4.69) is 66.3 Å². The lowest BCUT2D eigenvalue weighted by molar-refractivity contribution is 0.110. The molecule has 1 aromatic carbocycles. The molecule has 2 saturated heterocycles. The lowest BCUT2D eigenvalue weighted by Gasteiger charge is -2.40.